The summed E-state index contributed by atoms with van der Waals surface area (Å²) in [4.78, 5) is 10.8. The third kappa shape index (κ3) is 2.79. The molecule has 102 valence electrons. The number of ether oxygens (including phenoxy) is 1. The zero-order valence-electron chi connectivity index (χ0n) is 11.0. The summed E-state index contributed by atoms with van der Waals surface area (Å²) in [5.41, 5.74) is 2.10. The van der Waals surface area contributed by atoms with E-state index in [1.807, 2.05) is 36.4 Å². The van der Waals surface area contributed by atoms with Crippen LogP contribution in [-0.4, -0.2) is 4.92 Å². The molecule has 1 saturated carbocycles. The smallest absolute Gasteiger partial charge is 0.311 e. The third-order valence-corrected chi connectivity index (χ3v) is 3.47. The summed E-state index contributed by atoms with van der Waals surface area (Å²) >= 11 is 0. The van der Waals surface area contributed by atoms with Crippen LogP contribution in [0.1, 0.15) is 29.9 Å². The number of rotatable bonds is 5. The van der Waals surface area contributed by atoms with Gasteiger partial charge in [-0.2, -0.15) is 0 Å². The Morgan fingerprint density at radius 2 is 1.90 bits per heavy atom. The second-order valence-electron chi connectivity index (χ2n) is 5.03. The molecule has 0 amide bonds. The van der Waals surface area contributed by atoms with Gasteiger partial charge in [0.15, 0.2) is 5.75 Å². The number of hydrogen-bond acceptors (Lipinski definition) is 3. The minimum atomic E-state index is -0.369. The topological polar surface area (TPSA) is 52.4 Å². The normalized spacial score (nSPS) is 14.0. The van der Waals surface area contributed by atoms with Crippen LogP contribution in [0.2, 0.25) is 0 Å². The van der Waals surface area contributed by atoms with Gasteiger partial charge in [0.25, 0.3) is 0 Å². The van der Waals surface area contributed by atoms with Crippen molar-refractivity contribution in [2.24, 2.45) is 0 Å². The highest BCUT2D eigenvalue weighted by molar-refractivity contribution is 5.50. The monoisotopic (exact) mass is 269 g/mol. The lowest BCUT2D eigenvalue weighted by atomic mass is 10.1. The maximum atomic E-state index is 11.2. The van der Waals surface area contributed by atoms with Crippen molar-refractivity contribution in [3.8, 4) is 5.75 Å². The number of nitrogens with zero attached hydrogens (tertiary/aromatic N) is 1. The van der Waals surface area contributed by atoms with Gasteiger partial charge in [0, 0.05) is 6.07 Å². The average Bonchev–Trinajstić information content (AvgIpc) is 3.30. The molecular weight excluding hydrogens is 254 g/mol. The zero-order valence-corrected chi connectivity index (χ0v) is 11.0. The first kappa shape index (κ1) is 12.7. The molecule has 0 unspecified atom stereocenters. The van der Waals surface area contributed by atoms with E-state index in [1.165, 1.54) is 0 Å². The lowest BCUT2D eigenvalue weighted by Crippen LogP contribution is -1.99. The van der Waals surface area contributed by atoms with Crippen molar-refractivity contribution >= 4 is 5.69 Å². The molecule has 0 aliphatic heterocycles. The average molecular weight is 269 g/mol. The van der Waals surface area contributed by atoms with E-state index in [2.05, 4.69) is 0 Å². The lowest BCUT2D eigenvalue weighted by Gasteiger charge is -2.08. The predicted molar refractivity (Wildman–Crippen MR) is 75.8 cm³/mol. The van der Waals surface area contributed by atoms with Crippen LogP contribution >= 0.6 is 0 Å². The molecular formula is C16H15NO3. The molecule has 0 atom stereocenters. The van der Waals surface area contributed by atoms with Crippen LogP contribution in [0.5, 0.6) is 5.75 Å². The van der Waals surface area contributed by atoms with Crippen LogP contribution in [-0.2, 0) is 6.61 Å². The van der Waals surface area contributed by atoms with E-state index in [-0.39, 0.29) is 10.6 Å². The molecule has 0 heterocycles. The maximum Gasteiger partial charge on any atom is 0.311 e. The summed E-state index contributed by atoms with van der Waals surface area (Å²) < 4.78 is 5.60. The van der Waals surface area contributed by atoms with E-state index in [1.54, 1.807) is 12.1 Å². The van der Waals surface area contributed by atoms with Gasteiger partial charge in [-0.3, -0.25) is 10.1 Å². The Morgan fingerprint density at radius 1 is 1.15 bits per heavy atom. The van der Waals surface area contributed by atoms with Crippen molar-refractivity contribution in [3.05, 3.63) is 69.8 Å². The summed E-state index contributed by atoms with van der Waals surface area (Å²) in [5.74, 6) is 0.833. The quantitative estimate of drug-likeness (QED) is 0.607. The van der Waals surface area contributed by atoms with E-state index in [0.29, 0.717) is 18.3 Å². The minimum Gasteiger partial charge on any atom is -0.482 e. The first-order valence-electron chi connectivity index (χ1n) is 6.69. The van der Waals surface area contributed by atoms with Gasteiger partial charge in [-0.15, -0.1) is 0 Å². The fraction of sp³-hybridized carbons (Fsp3) is 0.250. The Hall–Kier alpha value is -2.36. The van der Waals surface area contributed by atoms with Crippen molar-refractivity contribution in [2.75, 3.05) is 0 Å². The largest absolute Gasteiger partial charge is 0.482 e. The zero-order chi connectivity index (χ0) is 13.9. The van der Waals surface area contributed by atoms with Crippen LogP contribution in [0, 0.1) is 10.1 Å². The number of nitro benzene ring substituents is 1. The van der Waals surface area contributed by atoms with Crippen molar-refractivity contribution < 1.29 is 9.66 Å². The van der Waals surface area contributed by atoms with Gasteiger partial charge in [-0.1, -0.05) is 36.4 Å². The van der Waals surface area contributed by atoms with Gasteiger partial charge in [0.1, 0.15) is 6.61 Å². The summed E-state index contributed by atoms with van der Waals surface area (Å²) in [7, 11) is 0. The highest BCUT2D eigenvalue weighted by atomic mass is 16.6. The van der Waals surface area contributed by atoms with E-state index in [4.69, 9.17) is 4.74 Å². The molecule has 0 aromatic heterocycles. The standard InChI is InChI=1S/C16H15NO3/c18-17(19)15-10-14(13-6-7-13)8-9-16(15)20-11-12-4-2-1-3-5-12/h1-5,8-10,13H,6-7,11H2. The molecule has 0 spiro atoms. The predicted octanol–water partition coefficient (Wildman–Crippen LogP) is 4.05. The van der Waals surface area contributed by atoms with Crippen molar-refractivity contribution in [3.63, 3.8) is 0 Å². The molecule has 0 bridgehead atoms. The summed E-state index contributed by atoms with van der Waals surface area (Å²) in [6.45, 7) is 0.338. The fourth-order valence-electron chi connectivity index (χ4n) is 2.21. The van der Waals surface area contributed by atoms with Crippen LogP contribution in [0.4, 0.5) is 5.69 Å². The van der Waals surface area contributed by atoms with E-state index in [9.17, 15) is 10.1 Å². The van der Waals surface area contributed by atoms with E-state index < -0.39 is 0 Å². The van der Waals surface area contributed by atoms with Gasteiger partial charge in [-0.25, -0.2) is 0 Å². The third-order valence-electron chi connectivity index (χ3n) is 3.47. The molecule has 3 rings (SSSR count). The van der Waals surface area contributed by atoms with Gasteiger partial charge in [0.2, 0.25) is 0 Å². The molecule has 2 aromatic carbocycles. The highest BCUT2D eigenvalue weighted by Crippen LogP contribution is 2.42. The SMILES string of the molecule is O=[N+]([O-])c1cc(C2CC2)ccc1OCc1ccccc1. The molecule has 0 N–H and O–H groups in total. The Bertz CT molecular complexity index is 621. The Morgan fingerprint density at radius 3 is 2.55 bits per heavy atom. The molecule has 4 nitrogen and oxygen atoms in total. The van der Waals surface area contributed by atoms with E-state index >= 15 is 0 Å². The van der Waals surface area contributed by atoms with Gasteiger partial charge < -0.3 is 4.74 Å². The van der Waals surface area contributed by atoms with Gasteiger partial charge >= 0.3 is 5.69 Å². The number of nitro groups is 1. The molecule has 2 aromatic rings. The molecule has 20 heavy (non-hydrogen) atoms. The van der Waals surface area contributed by atoms with Gasteiger partial charge in [-0.05, 0) is 36.0 Å². The van der Waals surface area contributed by atoms with Crippen LogP contribution in [0.25, 0.3) is 0 Å². The van der Waals surface area contributed by atoms with E-state index in [0.717, 1.165) is 24.0 Å². The molecule has 1 aliphatic carbocycles. The number of benzene rings is 2. The fourth-order valence-corrected chi connectivity index (χ4v) is 2.21. The van der Waals surface area contributed by atoms with Crippen LogP contribution < -0.4 is 4.74 Å². The molecule has 0 saturated heterocycles. The summed E-state index contributed by atoms with van der Waals surface area (Å²) in [6, 6.07) is 14.9. The second kappa shape index (κ2) is 5.33. The number of hydrogen-bond donors (Lipinski definition) is 0. The molecule has 0 radical (unpaired) electrons. The molecule has 4 heteroatoms. The minimum absolute atomic E-state index is 0.0605. The Labute approximate surface area is 117 Å². The molecule has 1 fully saturated rings. The maximum absolute atomic E-state index is 11.2. The van der Waals surface area contributed by atoms with Crippen LogP contribution in [0.3, 0.4) is 0 Å². The van der Waals surface area contributed by atoms with Crippen LogP contribution in [0.15, 0.2) is 48.5 Å². The summed E-state index contributed by atoms with van der Waals surface area (Å²) in [5, 5.41) is 11.2. The Balaban J connectivity index is 1.79. The summed E-state index contributed by atoms with van der Waals surface area (Å²) in [6.07, 6.45) is 2.25. The second-order valence-corrected chi connectivity index (χ2v) is 5.03. The van der Waals surface area contributed by atoms with Gasteiger partial charge in [0.05, 0.1) is 4.92 Å². The lowest BCUT2D eigenvalue weighted by molar-refractivity contribution is -0.386. The highest BCUT2D eigenvalue weighted by Gasteiger charge is 2.26. The molecule has 1 aliphatic rings. The van der Waals surface area contributed by atoms with Crippen molar-refractivity contribution in [1.29, 1.82) is 0 Å². The van der Waals surface area contributed by atoms with Crippen molar-refractivity contribution in [2.45, 2.75) is 25.4 Å². The van der Waals surface area contributed by atoms with Crippen molar-refractivity contribution in [1.82, 2.24) is 0 Å². The Kier molecular flexibility index (Phi) is 3.37. The first-order valence-corrected chi connectivity index (χ1v) is 6.69. The first-order chi connectivity index (χ1) is 9.74.